The highest BCUT2D eigenvalue weighted by Gasteiger charge is 2.28. The summed E-state index contributed by atoms with van der Waals surface area (Å²) in [5.41, 5.74) is 2.74. The SMILES string of the molecule is Cc1c(-c2ccccc2)sc(NC(=O)C[NH+]2CCCC2)c1C(=O)N1CCCCC1. The van der Waals surface area contributed by atoms with Crippen LogP contribution in [0.15, 0.2) is 30.3 Å². The molecule has 2 amide bonds. The zero-order valence-electron chi connectivity index (χ0n) is 17.1. The van der Waals surface area contributed by atoms with E-state index in [9.17, 15) is 9.59 Å². The molecule has 2 saturated heterocycles. The van der Waals surface area contributed by atoms with Crippen LogP contribution < -0.4 is 10.2 Å². The molecule has 0 bridgehead atoms. The third kappa shape index (κ3) is 4.54. The van der Waals surface area contributed by atoms with Crippen LogP contribution in [0.3, 0.4) is 0 Å². The lowest BCUT2D eigenvalue weighted by Gasteiger charge is -2.27. The highest BCUT2D eigenvalue weighted by atomic mass is 32.1. The number of piperidine rings is 1. The largest absolute Gasteiger partial charge is 0.339 e. The van der Waals surface area contributed by atoms with Gasteiger partial charge in [-0.1, -0.05) is 30.3 Å². The maximum Gasteiger partial charge on any atom is 0.280 e. The molecule has 0 aliphatic carbocycles. The Balaban J connectivity index is 1.64. The molecule has 2 aliphatic rings. The highest BCUT2D eigenvalue weighted by Crippen LogP contribution is 2.40. The van der Waals surface area contributed by atoms with Crippen molar-refractivity contribution in [3.05, 3.63) is 41.5 Å². The summed E-state index contributed by atoms with van der Waals surface area (Å²) in [4.78, 5) is 30.5. The average molecular weight is 413 g/mol. The molecule has 0 saturated carbocycles. The van der Waals surface area contributed by atoms with E-state index in [0.717, 1.165) is 55.0 Å². The van der Waals surface area contributed by atoms with Crippen molar-refractivity contribution in [2.45, 2.75) is 39.0 Å². The Bertz CT molecular complexity index is 866. The molecule has 0 radical (unpaired) electrons. The summed E-state index contributed by atoms with van der Waals surface area (Å²) >= 11 is 1.53. The number of anilines is 1. The molecular weight excluding hydrogens is 382 g/mol. The van der Waals surface area contributed by atoms with E-state index in [1.807, 2.05) is 30.0 Å². The van der Waals surface area contributed by atoms with Gasteiger partial charge in [0.2, 0.25) is 0 Å². The van der Waals surface area contributed by atoms with Crippen LogP contribution in [0.2, 0.25) is 0 Å². The van der Waals surface area contributed by atoms with E-state index in [0.29, 0.717) is 17.1 Å². The fourth-order valence-corrected chi connectivity index (χ4v) is 5.65. The first-order chi connectivity index (χ1) is 14.1. The second-order valence-electron chi connectivity index (χ2n) is 8.16. The van der Waals surface area contributed by atoms with Crippen LogP contribution >= 0.6 is 11.3 Å². The van der Waals surface area contributed by atoms with E-state index < -0.39 is 0 Å². The summed E-state index contributed by atoms with van der Waals surface area (Å²) < 4.78 is 0. The smallest absolute Gasteiger partial charge is 0.280 e. The van der Waals surface area contributed by atoms with E-state index in [1.54, 1.807) is 0 Å². The Hall–Kier alpha value is -2.18. The molecule has 1 aromatic carbocycles. The lowest BCUT2D eigenvalue weighted by Crippen LogP contribution is -3.11. The van der Waals surface area contributed by atoms with Gasteiger partial charge < -0.3 is 15.1 Å². The first kappa shape index (κ1) is 20.1. The number of benzene rings is 1. The Kier molecular flexibility index (Phi) is 6.31. The van der Waals surface area contributed by atoms with E-state index in [2.05, 4.69) is 17.4 Å². The molecule has 2 fully saturated rings. The van der Waals surface area contributed by atoms with Crippen LogP contribution in [0, 0.1) is 6.92 Å². The van der Waals surface area contributed by atoms with Gasteiger partial charge in [0.1, 0.15) is 5.00 Å². The van der Waals surface area contributed by atoms with E-state index in [1.165, 1.54) is 35.5 Å². The minimum atomic E-state index is 0.00968. The first-order valence-electron chi connectivity index (χ1n) is 10.7. The molecule has 0 spiro atoms. The van der Waals surface area contributed by atoms with Crippen molar-refractivity contribution < 1.29 is 14.5 Å². The molecule has 6 heteroatoms. The fraction of sp³-hybridized carbons (Fsp3) is 0.478. The second-order valence-corrected chi connectivity index (χ2v) is 9.18. The van der Waals surface area contributed by atoms with Crippen molar-refractivity contribution in [3.8, 4) is 10.4 Å². The van der Waals surface area contributed by atoms with Crippen molar-refractivity contribution in [1.29, 1.82) is 0 Å². The number of rotatable bonds is 5. The van der Waals surface area contributed by atoms with Crippen LogP contribution in [0.4, 0.5) is 5.00 Å². The number of amides is 2. The molecule has 4 rings (SSSR count). The molecule has 2 aliphatic heterocycles. The third-order valence-corrected chi connectivity index (χ3v) is 7.27. The third-order valence-electron chi connectivity index (χ3n) is 6.01. The number of thiophene rings is 1. The van der Waals surface area contributed by atoms with Gasteiger partial charge in [-0.2, -0.15) is 0 Å². The number of nitrogens with zero attached hydrogens (tertiary/aromatic N) is 1. The predicted octanol–water partition coefficient (Wildman–Crippen LogP) is 2.97. The molecule has 0 atom stereocenters. The quantitative estimate of drug-likeness (QED) is 0.793. The summed E-state index contributed by atoms with van der Waals surface area (Å²) in [5.74, 6) is 0.0694. The second kappa shape index (κ2) is 9.09. The number of likely N-dealkylation sites (tertiary alicyclic amines) is 2. The van der Waals surface area contributed by atoms with Crippen LogP contribution in [-0.2, 0) is 4.79 Å². The molecule has 1 aromatic heterocycles. The van der Waals surface area contributed by atoms with Crippen LogP contribution in [-0.4, -0.2) is 49.4 Å². The van der Waals surface area contributed by atoms with Crippen molar-refractivity contribution in [3.63, 3.8) is 0 Å². The Morgan fingerprint density at radius 2 is 1.72 bits per heavy atom. The van der Waals surface area contributed by atoms with Gasteiger partial charge in [0.15, 0.2) is 6.54 Å². The standard InChI is InChI=1S/C23H29N3O2S/c1-17-20(23(28)26-14-6-3-7-15-26)22(24-19(27)16-25-12-8-9-13-25)29-21(17)18-10-4-2-5-11-18/h2,4-5,10-11H,3,6-9,12-16H2,1H3,(H,24,27)/p+1. The first-order valence-corrected chi connectivity index (χ1v) is 11.6. The van der Waals surface area contributed by atoms with Gasteiger partial charge in [0.25, 0.3) is 11.8 Å². The molecule has 29 heavy (non-hydrogen) atoms. The predicted molar refractivity (Wildman–Crippen MR) is 118 cm³/mol. The zero-order chi connectivity index (χ0) is 20.2. The van der Waals surface area contributed by atoms with Gasteiger partial charge in [-0.25, -0.2) is 0 Å². The maximum absolute atomic E-state index is 13.4. The van der Waals surface area contributed by atoms with Crippen LogP contribution in [0.5, 0.6) is 0 Å². The number of carbonyl (C=O) groups excluding carboxylic acids is 2. The lowest BCUT2D eigenvalue weighted by atomic mass is 10.0. The molecule has 3 heterocycles. The van der Waals surface area contributed by atoms with Crippen molar-refractivity contribution in [1.82, 2.24) is 4.90 Å². The van der Waals surface area contributed by atoms with Gasteiger partial charge in [-0.15, -0.1) is 11.3 Å². The lowest BCUT2D eigenvalue weighted by molar-refractivity contribution is -0.878. The number of hydrogen-bond acceptors (Lipinski definition) is 3. The highest BCUT2D eigenvalue weighted by molar-refractivity contribution is 7.20. The monoisotopic (exact) mass is 412 g/mol. The molecular formula is C23H30N3O2S+. The summed E-state index contributed by atoms with van der Waals surface area (Å²) in [6, 6.07) is 10.1. The van der Waals surface area contributed by atoms with Crippen molar-refractivity contribution >= 4 is 28.2 Å². The summed E-state index contributed by atoms with van der Waals surface area (Å²) in [5, 5.41) is 3.81. The van der Waals surface area contributed by atoms with Crippen LogP contribution in [0.25, 0.3) is 10.4 Å². The topological polar surface area (TPSA) is 53.9 Å². The summed E-state index contributed by atoms with van der Waals surface area (Å²) in [6.45, 7) is 6.23. The van der Waals surface area contributed by atoms with Crippen LogP contribution in [0.1, 0.15) is 48.0 Å². The van der Waals surface area contributed by atoms with Gasteiger partial charge in [-0.05, 0) is 37.3 Å². The Labute approximate surface area is 176 Å². The molecule has 5 nitrogen and oxygen atoms in total. The van der Waals surface area contributed by atoms with E-state index in [4.69, 9.17) is 0 Å². The minimum absolute atomic E-state index is 0.00968. The fourth-order valence-electron chi connectivity index (χ4n) is 4.43. The summed E-state index contributed by atoms with van der Waals surface area (Å²) in [6.07, 6.45) is 5.68. The van der Waals surface area contributed by atoms with E-state index in [-0.39, 0.29) is 11.8 Å². The normalized spacial score (nSPS) is 17.5. The van der Waals surface area contributed by atoms with Gasteiger partial charge >= 0.3 is 0 Å². The van der Waals surface area contributed by atoms with Crippen molar-refractivity contribution in [2.24, 2.45) is 0 Å². The molecule has 2 aromatic rings. The van der Waals surface area contributed by atoms with Crippen molar-refractivity contribution in [2.75, 3.05) is 38.0 Å². The number of hydrogen-bond donors (Lipinski definition) is 2. The number of nitrogens with one attached hydrogen (secondary N) is 2. The van der Waals surface area contributed by atoms with Gasteiger partial charge in [-0.3, -0.25) is 9.59 Å². The average Bonchev–Trinajstić information content (AvgIpc) is 3.36. The number of quaternary nitrogens is 1. The Morgan fingerprint density at radius 3 is 2.41 bits per heavy atom. The molecule has 2 N–H and O–H groups in total. The maximum atomic E-state index is 13.4. The summed E-state index contributed by atoms with van der Waals surface area (Å²) in [7, 11) is 0. The zero-order valence-corrected chi connectivity index (χ0v) is 17.9. The van der Waals surface area contributed by atoms with Gasteiger partial charge in [0, 0.05) is 30.8 Å². The Morgan fingerprint density at radius 1 is 1.03 bits per heavy atom. The number of carbonyl (C=O) groups is 2. The minimum Gasteiger partial charge on any atom is -0.339 e. The van der Waals surface area contributed by atoms with Gasteiger partial charge in [0.05, 0.1) is 18.7 Å². The molecule has 0 unspecified atom stereocenters. The molecule has 154 valence electrons. The van der Waals surface area contributed by atoms with E-state index >= 15 is 0 Å².